The standard InChI is InChI=1S/C25H33N3O6/c1-4-14(3)11-20(29)26-17-10-9-15-7-6-8-16-12-19(28(22(15)16)24(17)32)23(31)27-18-13-21(30)34-25(18)33-5-2/h6-8,14,17-19,25H,4-5,9-13H2,1-3H3,(H,26,29)(H,27,31). The lowest BCUT2D eigenvalue weighted by atomic mass is 10.0. The summed E-state index contributed by atoms with van der Waals surface area (Å²) in [6, 6.07) is 3.76. The summed E-state index contributed by atoms with van der Waals surface area (Å²) in [4.78, 5) is 52.9. The van der Waals surface area contributed by atoms with E-state index in [1.54, 1.807) is 11.8 Å². The van der Waals surface area contributed by atoms with Gasteiger partial charge in [-0.2, -0.15) is 0 Å². The average Bonchev–Trinajstić information content (AvgIpc) is 3.32. The third-order valence-electron chi connectivity index (χ3n) is 6.90. The number of hydrogen-bond donors (Lipinski definition) is 2. The number of esters is 1. The lowest BCUT2D eigenvalue weighted by molar-refractivity contribution is -0.164. The monoisotopic (exact) mass is 471 g/mol. The number of anilines is 1. The largest absolute Gasteiger partial charge is 0.433 e. The number of nitrogens with one attached hydrogen (secondary N) is 2. The van der Waals surface area contributed by atoms with Crippen molar-refractivity contribution in [1.29, 1.82) is 0 Å². The number of carbonyl (C=O) groups excluding carboxylic acids is 4. The summed E-state index contributed by atoms with van der Waals surface area (Å²) in [5.41, 5.74) is 2.69. The molecule has 1 fully saturated rings. The van der Waals surface area contributed by atoms with Crippen molar-refractivity contribution in [2.24, 2.45) is 5.92 Å². The molecule has 0 saturated carbocycles. The van der Waals surface area contributed by atoms with Crippen LogP contribution in [-0.4, -0.2) is 54.7 Å². The molecule has 3 aliphatic heterocycles. The molecular weight excluding hydrogens is 438 g/mol. The Hall–Kier alpha value is -2.94. The SMILES string of the molecule is CCOC1OC(=O)CC1NC(=O)C1Cc2cccc3c2N1C(=O)C(NC(=O)CC(C)CC)CC3. The van der Waals surface area contributed by atoms with Gasteiger partial charge >= 0.3 is 5.97 Å². The molecule has 9 nitrogen and oxygen atoms in total. The van der Waals surface area contributed by atoms with Crippen molar-refractivity contribution in [1.82, 2.24) is 10.6 Å². The molecule has 1 aromatic rings. The maximum absolute atomic E-state index is 13.7. The highest BCUT2D eigenvalue weighted by molar-refractivity contribution is 6.08. The Morgan fingerprint density at radius 3 is 2.68 bits per heavy atom. The van der Waals surface area contributed by atoms with E-state index in [4.69, 9.17) is 9.47 Å². The van der Waals surface area contributed by atoms with E-state index in [-0.39, 0.29) is 30.1 Å². The Morgan fingerprint density at radius 1 is 1.18 bits per heavy atom. The van der Waals surface area contributed by atoms with Gasteiger partial charge in [-0.15, -0.1) is 0 Å². The normalized spacial score (nSPS) is 26.5. The first kappa shape index (κ1) is 24.2. The van der Waals surface area contributed by atoms with Crippen LogP contribution in [0.15, 0.2) is 18.2 Å². The van der Waals surface area contributed by atoms with Crippen LogP contribution < -0.4 is 15.5 Å². The number of ether oxygens (including phenoxy) is 2. The van der Waals surface area contributed by atoms with E-state index in [0.29, 0.717) is 32.3 Å². The maximum atomic E-state index is 13.7. The van der Waals surface area contributed by atoms with E-state index >= 15 is 0 Å². The highest BCUT2D eigenvalue weighted by Gasteiger charge is 2.46. The Morgan fingerprint density at radius 2 is 1.94 bits per heavy atom. The van der Waals surface area contributed by atoms with Crippen LogP contribution in [0.25, 0.3) is 0 Å². The van der Waals surface area contributed by atoms with E-state index in [2.05, 4.69) is 10.6 Å². The van der Waals surface area contributed by atoms with Gasteiger partial charge in [-0.1, -0.05) is 38.5 Å². The Labute approximate surface area is 199 Å². The smallest absolute Gasteiger partial charge is 0.310 e. The van der Waals surface area contributed by atoms with Crippen molar-refractivity contribution in [3.8, 4) is 0 Å². The maximum Gasteiger partial charge on any atom is 0.310 e. The fourth-order valence-electron chi connectivity index (χ4n) is 4.94. The molecule has 5 atom stereocenters. The highest BCUT2D eigenvalue weighted by Crippen LogP contribution is 2.39. The second-order valence-electron chi connectivity index (χ2n) is 9.36. The zero-order valence-electron chi connectivity index (χ0n) is 20.0. The Kier molecular flexibility index (Phi) is 7.21. The molecule has 0 aliphatic carbocycles. The number of aryl methyl sites for hydroxylation is 1. The number of amides is 3. The van der Waals surface area contributed by atoms with Crippen molar-refractivity contribution in [3.05, 3.63) is 29.3 Å². The quantitative estimate of drug-likeness (QED) is 0.557. The molecule has 0 aromatic heterocycles. The van der Waals surface area contributed by atoms with Crippen LogP contribution in [0.5, 0.6) is 0 Å². The van der Waals surface area contributed by atoms with Gasteiger partial charge in [0, 0.05) is 19.4 Å². The molecule has 1 aromatic carbocycles. The average molecular weight is 472 g/mol. The van der Waals surface area contributed by atoms with E-state index in [9.17, 15) is 19.2 Å². The second-order valence-corrected chi connectivity index (χ2v) is 9.36. The third-order valence-corrected chi connectivity index (χ3v) is 6.90. The van der Waals surface area contributed by atoms with Crippen LogP contribution in [0.3, 0.4) is 0 Å². The van der Waals surface area contributed by atoms with Crippen LogP contribution in [0.1, 0.15) is 57.6 Å². The van der Waals surface area contributed by atoms with Crippen LogP contribution >= 0.6 is 0 Å². The van der Waals surface area contributed by atoms with Gasteiger partial charge < -0.3 is 20.1 Å². The molecule has 3 heterocycles. The van der Waals surface area contributed by atoms with E-state index in [0.717, 1.165) is 23.2 Å². The number of nitrogens with zero attached hydrogens (tertiary/aromatic N) is 1. The lowest BCUT2D eigenvalue weighted by Gasteiger charge is -2.29. The van der Waals surface area contributed by atoms with Crippen LogP contribution in [-0.2, 0) is 41.5 Å². The molecular formula is C25H33N3O6. The molecule has 0 bridgehead atoms. The number of cyclic esters (lactones) is 1. The minimum atomic E-state index is -0.840. The van der Waals surface area contributed by atoms with Crippen LogP contribution in [0, 0.1) is 5.92 Å². The summed E-state index contributed by atoms with van der Waals surface area (Å²) in [6.07, 6.45) is 1.89. The first-order valence-corrected chi connectivity index (χ1v) is 12.2. The molecule has 3 amide bonds. The summed E-state index contributed by atoms with van der Waals surface area (Å²) in [6.45, 7) is 6.15. The highest BCUT2D eigenvalue weighted by atomic mass is 16.7. The van der Waals surface area contributed by atoms with E-state index < -0.39 is 30.4 Å². The van der Waals surface area contributed by atoms with Crippen molar-refractivity contribution in [2.45, 2.75) is 83.7 Å². The Bertz CT molecular complexity index is 979. The number of hydrogen-bond acceptors (Lipinski definition) is 6. The zero-order chi connectivity index (χ0) is 24.4. The summed E-state index contributed by atoms with van der Waals surface area (Å²) in [5.74, 6) is -1.00. The first-order chi connectivity index (χ1) is 16.3. The first-order valence-electron chi connectivity index (χ1n) is 12.2. The van der Waals surface area contributed by atoms with Gasteiger partial charge in [0.25, 0.3) is 0 Å². The molecule has 0 spiro atoms. The van der Waals surface area contributed by atoms with Crippen molar-refractivity contribution < 1.29 is 28.7 Å². The van der Waals surface area contributed by atoms with Crippen LogP contribution in [0.4, 0.5) is 5.69 Å². The fraction of sp³-hybridized carbons (Fsp3) is 0.600. The zero-order valence-corrected chi connectivity index (χ0v) is 20.0. The molecule has 34 heavy (non-hydrogen) atoms. The molecule has 0 radical (unpaired) electrons. The number of para-hydroxylation sites is 1. The summed E-state index contributed by atoms with van der Waals surface area (Å²) in [5, 5.41) is 5.78. The van der Waals surface area contributed by atoms with Gasteiger partial charge in [0.1, 0.15) is 18.1 Å². The van der Waals surface area contributed by atoms with Gasteiger partial charge in [0.2, 0.25) is 24.0 Å². The van der Waals surface area contributed by atoms with Gasteiger partial charge in [0.05, 0.1) is 12.1 Å². The summed E-state index contributed by atoms with van der Waals surface area (Å²) >= 11 is 0. The van der Waals surface area contributed by atoms with E-state index in [1.165, 1.54) is 0 Å². The predicted molar refractivity (Wildman–Crippen MR) is 124 cm³/mol. The van der Waals surface area contributed by atoms with Crippen LogP contribution in [0.2, 0.25) is 0 Å². The van der Waals surface area contributed by atoms with Crippen molar-refractivity contribution in [2.75, 3.05) is 11.5 Å². The Balaban J connectivity index is 1.55. The summed E-state index contributed by atoms with van der Waals surface area (Å²) in [7, 11) is 0. The van der Waals surface area contributed by atoms with Crippen molar-refractivity contribution >= 4 is 29.4 Å². The molecule has 3 aliphatic rings. The van der Waals surface area contributed by atoms with E-state index in [1.807, 2.05) is 32.0 Å². The third kappa shape index (κ3) is 4.80. The minimum absolute atomic E-state index is 0.0174. The number of benzene rings is 1. The van der Waals surface area contributed by atoms with Gasteiger partial charge in [0.15, 0.2) is 0 Å². The number of carbonyl (C=O) groups is 4. The predicted octanol–water partition coefficient (Wildman–Crippen LogP) is 1.61. The molecule has 9 heteroatoms. The molecule has 184 valence electrons. The summed E-state index contributed by atoms with van der Waals surface area (Å²) < 4.78 is 10.6. The second kappa shape index (κ2) is 10.1. The van der Waals surface area contributed by atoms with Gasteiger partial charge in [-0.25, -0.2) is 0 Å². The van der Waals surface area contributed by atoms with Gasteiger partial charge in [-0.05, 0) is 36.8 Å². The fourth-order valence-corrected chi connectivity index (χ4v) is 4.94. The molecule has 2 N–H and O–H groups in total. The molecule has 5 unspecified atom stereocenters. The topological polar surface area (TPSA) is 114 Å². The lowest BCUT2D eigenvalue weighted by Crippen LogP contribution is -2.56. The molecule has 4 rings (SSSR count). The van der Waals surface area contributed by atoms with Crippen molar-refractivity contribution in [3.63, 3.8) is 0 Å². The minimum Gasteiger partial charge on any atom is -0.433 e. The molecule has 1 saturated heterocycles. The van der Waals surface area contributed by atoms with Gasteiger partial charge in [-0.3, -0.25) is 24.1 Å². The number of rotatable bonds is 8.